The summed E-state index contributed by atoms with van der Waals surface area (Å²) in [7, 11) is 0. The minimum absolute atomic E-state index is 0.580. The molecule has 0 spiro atoms. The van der Waals surface area contributed by atoms with Crippen molar-refractivity contribution in [1.29, 1.82) is 0 Å². The summed E-state index contributed by atoms with van der Waals surface area (Å²) in [5.74, 6) is 0.580. The zero-order chi connectivity index (χ0) is 8.27. The van der Waals surface area contributed by atoms with E-state index in [0.29, 0.717) is 5.88 Å². The highest BCUT2D eigenvalue weighted by molar-refractivity contribution is 7.09. The van der Waals surface area contributed by atoms with E-state index in [9.17, 15) is 0 Å². The Bertz CT molecular complexity index is 265. The molecule has 0 aliphatic heterocycles. The molecule has 0 N–H and O–H groups in total. The molecular formula is C8H10ClNS. The lowest BCUT2D eigenvalue weighted by molar-refractivity contribution is 1.26. The molecule has 1 heterocycles. The highest BCUT2D eigenvalue weighted by Crippen LogP contribution is 2.11. The summed E-state index contributed by atoms with van der Waals surface area (Å²) in [4.78, 5) is 4.28. The van der Waals surface area contributed by atoms with Gasteiger partial charge in [0.1, 0.15) is 0 Å². The minimum atomic E-state index is 0.580. The lowest BCUT2D eigenvalue weighted by atomic mass is 10.3. The van der Waals surface area contributed by atoms with Crippen molar-refractivity contribution in [3.63, 3.8) is 0 Å². The molecule has 3 heteroatoms. The van der Waals surface area contributed by atoms with Crippen LogP contribution in [0.1, 0.15) is 17.6 Å². The fourth-order valence-electron chi connectivity index (χ4n) is 0.737. The Hall–Kier alpha value is -0.340. The molecule has 0 fully saturated rings. The highest BCUT2D eigenvalue weighted by atomic mass is 35.5. The van der Waals surface area contributed by atoms with Crippen molar-refractivity contribution in [2.24, 2.45) is 0 Å². The first kappa shape index (κ1) is 8.75. The van der Waals surface area contributed by atoms with Crippen LogP contribution < -0.4 is 0 Å². The second-order valence-electron chi connectivity index (χ2n) is 2.42. The van der Waals surface area contributed by atoms with Crippen LogP contribution in [0.4, 0.5) is 0 Å². The number of alkyl halides is 1. The van der Waals surface area contributed by atoms with Gasteiger partial charge in [-0.05, 0) is 19.9 Å². The van der Waals surface area contributed by atoms with Crippen LogP contribution in [0.2, 0.25) is 0 Å². The molecule has 0 aliphatic rings. The maximum absolute atomic E-state index is 5.62. The van der Waals surface area contributed by atoms with E-state index in [2.05, 4.69) is 4.98 Å². The van der Waals surface area contributed by atoms with E-state index in [4.69, 9.17) is 11.6 Å². The molecule has 0 bridgehead atoms. The Morgan fingerprint density at radius 2 is 2.55 bits per heavy atom. The summed E-state index contributed by atoms with van der Waals surface area (Å²) in [5.41, 5.74) is 2.17. The van der Waals surface area contributed by atoms with Gasteiger partial charge in [-0.2, -0.15) is 0 Å². The molecule has 60 valence electrons. The fourth-order valence-corrected chi connectivity index (χ4v) is 1.38. The molecule has 0 amide bonds. The van der Waals surface area contributed by atoms with Crippen LogP contribution in [0, 0.1) is 6.92 Å². The van der Waals surface area contributed by atoms with Gasteiger partial charge >= 0.3 is 0 Å². The summed E-state index contributed by atoms with van der Waals surface area (Å²) in [6, 6.07) is 0. The molecule has 11 heavy (non-hydrogen) atoms. The van der Waals surface area contributed by atoms with Crippen molar-refractivity contribution in [3.8, 4) is 0 Å². The van der Waals surface area contributed by atoms with Gasteiger partial charge in [0.05, 0.1) is 10.7 Å². The molecule has 1 rings (SSSR count). The lowest BCUT2D eigenvalue weighted by Crippen LogP contribution is -1.78. The SMILES string of the molecule is CC(=Cc1csc(C)n1)CCl. The van der Waals surface area contributed by atoms with Gasteiger partial charge in [0.15, 0.2) is 0 Å². The van der Waals surface area contributed by atoms with Gasteiger partial charge in [0.25, 0.3) is 0 Å². The topological polar surface area (TPSA) is 12.9 Å². The molecule has 0 saturated heterocycles. The molecule has 1 aromatic rings. The standard InChI is InChI=1S/C8H10ClNS/c1-6(4-9)3-8-5-11-7(2)10-8/h3,5H,4H2,1-2H3. The number of allylic oxidation sites excluding steroid dienone is 1. The van der Waals surface area contributed by atoms with Crippen molar-refractivity contribution in [1.82, 2.24) is 4.98 Å². The molecule has 0 atom stereocenters. The lowest BCUT2D eigenvalue weighted by Gasteiger charge is -1.89. The van der Waals surface area contributed by atoms with Crippen molar-refractivity contribution in [3.05, 3.63) is 21.7 Å². The molecule has 0 unspecified atom stereocenters. The van der Waals surface area contributed by atoms with Gasteiger partial charge < -0.3 is 0 Å². The number of hydrogen-bond acceptors (Lipinski definition) is 2. The second kappa shape index (κ2) is 3.88. The van der Waals surface area contributed by atoms with Crippen molar-refractivity contribution < 1.29 is 0 Å². The normalized spacial score (nSPS) is 12.1. The Morgan fingerprint density at radius 1 is 1.82 bits per heavy atom. The largest absolute Gasteiger partial charge is 0.242 e. The molecule has 0 aromatic carbocycles. The third-order valence-electron chi connectivity index (χ3n) is 1.24. The van der Waals surface area contributed by atoms with Crippen LogP contribution in [0.5, 0.6) is 0 Å². The number of hydrogen-bond donors (Lipinski definition) is 0. The zero-order valence-electron chi connectivity index (χ0n) is 6.60. The first-order valence-electron chi connectivity index (χ1n) is 3.37. The molecule has 1 nitrogen and oxygen atoms in total. The Kier molecular flexibility index (Phi) is 3.09. The predicted octanol–water partition coefficient (Wildman–Crippen LogP) is 3.09. The van der Waals surface area contributed by atoms with E-state index in [-0.39, 0.29) is 0 Å². The third-order valence-corrected chi connectivity index (χ3v) is 2.46. The van der Waals surface area contributed by atoms with Crippen molar-refractivity contribution in [2.45, 2.75) is 13.8 Å². The van der Waals surface area contributed by atoms with E-state index in [1.165, 1.54) is 0 Å². The van der Waals surface area contributed by atoms with Crippen LogP contribution in [-0.2, 0) is 0 Å². The average Bonchev–Trinajstić information content (AvgIpc) is 2.35. The number of rotatable bonds is 2. The van der Waals surface area contributed by atoms with Gasteiger partial charge in [-0.25, -0.2) is 4.98 Å². The van der Waals surface area contributed by atoms with Gasteiger partial charge in [-0.3, -0.25) is 0 Å². The Morgan fingerprint density at radius 3 is 3.00 bits per heavy atom. The quantitative estimate of drug-likeness (QED) is 0.649. The second-order valence-corrected chi connectivity index (χ2v) is 3.75. The zero-order valence-corrected chi connectivity index (χ0v) is 8.17. The fraction of sp³-hybridized carbons (Fsp3) is 0.375. The predicted molar refractivity (Wildman–Crippen MR) is 51.2 cm³/mol. The monoisotopic (exact) mass is 187 g/mol. The number of thiazole rings is 1. The van der Waals surface area contributed by atoms with E-state index < -0.39 is 0 Å². The van der Waals surface area contributed by atoms with E-state index >= 15 is 0 Å². The van der Waals surface area contributed by atoms with Gasteiger partial charge in [0, 0.05) is 11.3 Å². The minimum Gasteiger partial charge on any atom is -0.242 e. The van der Waals surface area contributed by atoms with Crippen LogP contribution in [-0.4, -0.2) is 10.9 Å². The number of nitrogens with zero attached hydrogens (tertiary/aromatic N) is 1. The van der Waals surface area contributed by atoms with Gasteiger partial charge in [-0.15, -0.1) is 22.9 Å². The maximum Gasteiger partial charge on any atom is 0.0901 e. The smallest absolute Gasteiger partial charge is 0.0901 e. The van der Waals surface area contributed by atoms with Crippen LogP contribution in [0.15, 0.2) is 11.0 Å². The number of aryl methyl sites for hydroxylation is 1. The molecule has 0 saturated carbocycles. The van der Waals surface area contributed by atoms with Gasteiger partial charge in [-0.1, -0.05) is 5.57 Å². The number of aromatic nitrogens is 1. The average molecular weight is 188 g/mol. The Labute approximate surface area is 75.7 Å². The molecular weight excluding hydrogens is 178 g/mol. The highest BCUT2D eigenvalue weighted by Gasteiger charge is 1.93. The van der Waals surface area contributed by atoms with E-state index in [1.807, 2.05) is 25.3 Å². The third kappa shape index (κ3) is 2.64. The maximum atomic E-state index is 5.62. The molecule has 0 aliphatic carbocycles. The first-order valence-corrected chi connectivity index (χ1v) is 4.79. The molecule has 0 radical (unpaired) electrons. The van der Waals surface area contributed by atoms with E-state index in [0.717, 1.165) is 16.3 Å². The van der Waals surface area contributed by atoms with Crippen LogP contribution in [0.3, 0.4) is 0 Å². The summed E-state index contributed by atoms with van der Waals surface area (Å²) in [5, 5.41) is 3.13. The summed E-state index contributed by atoms with van der Waals surface area (Å²) in [6.07, 6.45) is 2.01. The number of halogens is 1. The first-order chi connectivity index (χ1) is 5.22. The van der Waals surface area contributed by atoms with E-state index in [1.54, 1.807) is 11.3 Å². The summed E-state index contributed by atoms with van der Waals surface area (Å²) in [6.45, 7) is 4.00. The summed E-state index contributed by atoms with van der Waals surface area (Å²) >= 11 is 7.27. The van der Waals surface area contributed by atoms with Crippen LogP contribution in [0.25, 0.3) is 6.08 Å². The Balaban J connectivity index is 2.78. The van der Waals surface area contributed by atoms with Gasteiger partial charge in [0.2, 0.25) is 0 Å². The van der Waals surface area contributed by atoms with Crippen molar-refractivity contribution >= 4 is 29.0 Å². The summed E-state index contributed by atoms with van der Waals surface area (Å²) < 4.78 is 0. The van der Waals surface area contributed by atoms with Crippen molar-refractivity contribution in [2.75, 3.05) is 5.88 Å². The van der Waals surface area contributed by atoms with Crippen LogP contribution >= 0.6 is 22.9 Å². The molecule has 1 aromatic heterocycles.